The van der Waals surface area contributed by atoms with Gasteiger partial charge in [0.2, 0.25) is 0 Å². The Morgan fingerprint density at radius 2 is 1.37 bits per heavy atom. The number of fused-ring (bicyclic) bond motifs is 1. The first-order valence-electron chi connectivity index (χ1n) is 13.4. The molecule has 0 aromatic heterocycles. The van der Waals surface area contributed by atoms with Crippen molar-refractivity contribution in [2.45, 2.75) is 56.4 Å². The summed E-state index contributed by atoms with van der Waals surface area (Å²) in [5.41, 5.74) is 9.63. The number of aliphatic hydroxyl groups excluding tert-OH is 2. The first-order valence-corrected chi connectivity index (χ1v) is 15.3. The number of azide groups is 1. The molecule has 2 unspecified atom stereocenters. The lowest BCUT2D eigenvalue weighted by Gasteiger charge is -2.47. The summed E-state index contributed by atoms with van der Waals surface area (Å²) < 4.78 is 12.9. The summed E-state index contributed by atoms with van der Waals surface area (Å²) in [5.74, 6) is -1.32. The van der Waals surface area contributed by atoms with Gasteiger partial charge in [0.1, 0.15) is 24.4 Å². The summed E-state index contributed by atoms with van der Waals surface area (Å²) in [5, 5.41) is 27.9. The second-order valence-corrected chi connectivity index (χ2v) is 15.5. The molecule has 5 rings (SSSR count). The van der Waals surface area contributed by atoms with E-state index in [0.29, 0.717) is 0 Å². The third kappa shape index (κ3) is 4.86. The van der Waals surface area contributed by atoms with E-state index in [1.165, 1.54) is 12.1 Å². The molecule has 10 nitrogen and oxygen atoms in total. The van der Waals surface area contributed by atoms with Crippen molar-refractivity contribution in [3.63, 3.8) is 0 Å². The zero-order chi connectivity index (χ0) is 29.4. The maximum Gasteiger partial charge on any atom is 0.261 e. The number of nitrogens with zero attached hydrogens (tertiary/aromatic N) is 4. The van der Waals surface area contributed by atoms with Gasteiger partial charge in [0, 0.05) is 4.91 Å². The van der Waals surface area contributed by atoms with E-state index in [-0.39, 0.29) is 22.8 Å². The Morgan fingerprint density at radius 1 is 0.878 bits per heavy atom. The smallest absolute Gasteiger partial charge is 0.261 e. The van der Waals surface area contributed by atoms with E-state index in [1.54, 1.807) is 12.1 Å². The van der Waals surface area contributed by atoms with Crippen molar-refractivity contribution >= 4 is 30.5 Å². The summed E-state index contributed by atoms with van der Waals surface area (Å²) in [6, 6.07) is 24.6. The van der Waals surface area contributed by atoms with Gasteiger partial charge in [-0.3, -0.25) is 14.5 Å². The van der Waals surface area contributed by atoms with E-state index in [9.17, 15) is 25.3 Å². The van der Waals surface area contributed by atoms with Crippen molar-refractivity contribution in [3.8, 4) is 0 Å². The van der Waals surface area contributed by atoms with Crippen molar-refractivity contribution in [2.75, 3.05) is 6.61 Å². The normalized spacial score (nSPS) is 24.6. The van der Waals surface area contributed by atoms with Crippen LogP contribution in [0.5, 0.6) is 0 Å². The van der Waals surface area contributed by atoms with Gasteiger partial charge in [-0.05, 0) is 33.1 Å². The number of ether oxygens (including phenoxy) is 1. The molecule has 1 fully saturated rings. The molecule has 0 aliphatic carbocycles. The van der Waals surface area contributed by atoms with Crippen molar-refractivity contribution < 1.29 is 29.0 Å². The van der Waals surface area contributed by atoms with E-state index >= 15 is 0 Å². The fourth-order valence-corrected chi connectivity index (χ4v) is 10.5. The largest absolute Gasteiger partial charge is 0.405 e. The average molecular weight is 573 g/mol. The molecule has 5 atom stereocenters. The van der Waals surface area contributed by atoms with E-state index in [0.717, 1.165) is 15.3 Å². The van der Waals surface area contributed by atoms with Gasteiger partial charge in [0.25, 0.3) is 20.1 Å². The average Bonchev–Trinajstić information content (AvgIpc) is 3.22. The number of amides is 2. The van der Waals surface area contributed by atoms with Crippen molar-refractivity contribution in [2.24, 2.45) is 5.11 Å². The molecule has 0 bridgehead atoms. The molecule has 11 heteroatoms. The van der Waals surface area contributed by atoms with E-state index in [1.807, 2.05) is 60.7 Å². The van der Waals surface area contributed by atoms with Gasteiger partial charge in [-0.15, -0.1) is 0 Å². The Bertz CT molecular complexity index is 1400. The fourth-order valence-electron chi connectivity index (χ4n) is 5.94. The number of carbonyl (C=O) groups is 2. The first-order chi connectivity index (χ1) is 19.6. The Balaban J connectivity index is 1.48. The minimum atomic E-state index is -3.03. The molecule has 2 amide bonds. The van der Waals surface area contributed by atoms with Crippen LogP contribution in [0.1, 0.15) is 41.5 Å². The Kier molecular flexibility index (Phi) is 7.84. The van der Waals surface area contributed by atoms with Crippen LogP contribution in [0.3, 0.4) is 0 Å². The molecule has 2 heterocycles. The summed E-state index contributed by atoms with van der Waals surface area (Å²) in [4.78, 5) is 30.0. The van der Waals surface area contributed by atoms with Gasteiger partial charge in [-0.2, -0.15) is 0 Å². The van der Waals surface area contributed by atoms with Crippen LogP contribution in [0, 0.1) is 0 Å². The molecule has 0 saturated carbocycles. The van der Waals surface area contributed by atoms with Crippen molar-refractivity contribution in [1.29, 1.82) is 0 Å². The number of benzene rings is 3. The topological polar surface area (TPSA) is 145 Å². The van der Waals surface area contributed by atoms with E-state index in [2.05, 4.69) is 30.8 Å². The molecule has 41 heavy (non-hydrogen) atoms. The van der Waals surface area contributed by atoms with Crippen LogP contribution >= 0.6 is 0 Å². The second kappa shape index (κ2) is 11.2. The Hall–Kier alpha value is -3.83. The summed E-state index contributed by atoms with van der Waals surface area (Å²) in [7, 11) is -3.03. The molecule has 3 aromatic rings. The highest BCUT2D eigenvalue weighted by molar-refractivity contribution is 6.99. The molecular weight excluding hydrogens is 540 g/mol. The minimum absolute atomic E-state index is 0.141. The number of aliphatic hydroxyl groups is 2. The number of hydrogen-bond donors (Lipinski definition) is 2. The van der Waals surface area contributed by atoms with E-state index < -0.39 is 50.7 Å². The molecule has 2 aliphatic rings. The lowest BCUT2D eigenvalue weighted by Crippen LogP contribution is -2.69. The van der Waals surface area contributed by atoms with Crippen LogP contribution in [0.2, 0.25) is 5.04 Å². The molecular formula is C30H32N4O6Si. The maximum absolute atomic E-state index is 13.2. The molecule has 2 N–H and O–H groups in total. The van der Waals surface area contributed by atoms with Crippen LogP contribution < -0.4 is 10.4 Å². The maximum atomic E-state index is 13.2. The summed E-state index contributed by atoms with van der Waals surface area (Å²) in [6.45, 7) is 6.17. The summed E-state index contributed by atoms with van der Waals surface area (Å²) >= 11 is 0. The van der Waals surface area contributed by atoms with Gasteiger partial charge in [0.05, 0.1) is 17.7 Å². The van der Waals surface area contributed by atoms with Gasteiger partial charge in [-0.1, -0.05) is 98.7 Å². The van der Waals surface area contributed by atoms with Gasteiger partial charge >= 0.3 is 0 Å². The van der Waals surface area contributed by atoms with Crippen LogP contribution in [0.15, 0.2) is 90.0 Å². The zero-order valence-corrected chi connectivity index (χ0v) is 24.0. The van der Waals surface area contributed by atoms with Crippen molar-refractivity contribution in [3.05, 3.63) is 106 Å². The molecule has 2 aliphatic heterocycles. The minimum Gasteiger partial charge on any atom is -0.405 e. The Morgan fingerprint density at radius 3 is 1.83 bits per heavy atom. The predicted octanol–water partition coefficient (Wildman–Crippen LogP) is 2.98. The molecule has 0 radical (unpaired) electrons. The van der Waals surface area contributed by atoms with Crippen LogP contribution in [-0.4, -0.2) is 72.4 Å². The van der Waals surface area contributed by atoms with Gasteiger partial charge in [0.15, 0.2) is 6.23 Å². The number of carbonyl (C=O) groups excluding carboxylic acids is 2. The van der Waals surface area contributed by atoms with Crippen LogP contribution in [0.4, 0.5) is 0 Å². The van der Waals surface area contributed by atoms with E-state index in [4.69, 9.17) is 9.16 Å². The SMILES string of the molecule is CC(C)(C)[Si](OCC1O[C@@H](N=[N+]=[N-])C(N2C(=O)c3ccccc3C2=O)[C@@H](O)[C@@H]1O)(c1ccccc1)c1ccccc1. The second-order valence-electron chi connectivity index (χ2n) is 11.2. The zero-order valence-electron chi connectivity index (χ0n) is 23.0. The lowest BCUT2D eigenvalue weighted by atomic mass is 9.95. The third-order valence-corrected chi connectivity index (χ3v) is 12.9. The number of hydrogen-bond acceptors (Lipinski definition) is 7. The van der Waals surface area contributed by atoms with Gasteiger partial charge in [-0.25, -0.2) is 0 Å². The Labute approximate surface area is 238 Å². The molecule has 3 aromatic carbocycles. The number of rotatable bonds is 7. The predicted molar refractivity (Wildman–Crippen MR) is 154 cm³/mol. The van der Waals surface area contributed by atoms with Crippen LogP contribution in [-0.2, 0) is 9.16 Å². The van der Waals surface area contributed by atoms with Crippen LogP contribution in [0.25, 0.3) is 10.4 Å². The number of imide groups is 1. The highest BCUT2D eigenvalue weighted by Gasteiger charge is 2.55. The fraction of sp³-hybridized carbons (Fsp3) is 0.333. The van der Waals surface area contributed by atoms with Gasteiger partial charge < -0.3 is 19.4 Å². The quantitative estimate of drug-likeness (QED) is 0.146. The lowest BCUT2D eigenvalue weighted by molar-refractivity contribution is -0.201. The molecule has 0 spiro atoms. The monoisotopic (exact) mass is 572 g/mol. The standard InChI is InChI=1S/C30H32N4O6Si/c1-30(2,3)41(19-12-6-4-7-13-19,20-14-8-5-9-15-20)39-18-23-25(35)26(36)24(27(40-23)32-33-31)34-28(37)21-16-10-11-17-22(21)29(34)38/h4-17,23-27,35-36H,18H2,1-3H3/t23?,24?,25-,26-,27-/m1/s1. The molecule has 212 valence electrons. The van der Waals surface area contributed by atoms with Crippen molar-refractivity contribution in [1.82, 2.24) is 4.90 Å². The highest BCUT2D eigenvalue weighted by Crippen LogP contribution is 2.38. The third-order valence-electron chi connectivity index (χ3n) is 7.86. The first kappa shape index (κ1) is 28.7. The highest BCUT2D eigenvalue weighted by atomic mass is 28.4. The summed E-state index contributed by atoms with van der Waals surface area (Å²) in [6.07, 6.45) is -5.77. The molecule has 1 saturated heterocycles.